The van der Waals surface area contributed by atoms with E-state index in [4.69, 9.17) is 0 Å². The van der Waals surface area contributed by atoms with Crippen LogP contribution < -0.4 is 15.6 Å². The topological polar surface area (TPSA) is 142 Å². The summed E-state index contributed by atoms with van der Waals surface area (Å²) in [6, 6.07) is 9.45. The van der Waals surface area contributed by atoms with Crippen molar-refractivity contribution in [3.05, 3.63) is 61.0 Å². The Morgan fingerprint density at radius 3 is 2.40 bits per heavy atom. The number of phenols is 1. The number of rotatable bonds is 7. The molecule has 0 aliphatic carbocycles. The van der Waals surface area contributed by atoms with E-state index in [1.807, 2.05) is 0 Å². The molecule has 182 valence electrons. The minimum Gasteiger partial charge on any atom is -0.506 e. The molecule has 1 aliphatic rings. The predicted molar refractivity (Wildman–Crippen MR) is 142 cm³/mol. The summed E-state index contributed by atoms with van der Waals surface area (Å²) in [7, 11) is 0. The van der Waals surface area contributed by atoms with E-state index in [0.29, 0.717) is 21.7 Å². The lowest BCUT2D eigenvalue weighted by Gasteiger charge is -2.21. The Kier molecular flexibility index (Phi) is 8.08. The van der Waals surface area contributed by atoms with Gasteiger partial charge in [0.1, 0.15) is 5.75 Å². The van der Waals surface area contributed by atoms with Crippen LogP contribution in [0.4, 0.5) is 29.2 Å². The van der Waals surface area contributed by atoms with Gasteiger partial charge in [-0.15, -0.1) is 0 Å². The van der Waals surface area contributed by atoms with Crippen molar-refractivity contribution in [1.82, 2.24) is 15.0 Å². The molecule has 0 amide bonds. The number of aromatic nitrogens is 3. The van der Waals surface area contributed by atoms with Crippen LogP contribution in [0.1, 0.15) is 31.2 Å². The second-order valence-corrected chi connectivity index (χ2v) is 9.58. The van der Waals surface area contributed by atoms with E-state index in [1.54, 1.807) is 24.3 Å². The van der Waals surface area contributed by atoms with Gasteiger partial charge in [0.25, 0.3) is 5.69 Å². The fourth-order valence-electron chi connectivity index (χ4n) is 3.52. The minimum atomic E-state index is -0.453. The largest absolute Gasteiger partial charge is 0.506 e. The lowest BCUT2D eigenvalue weighted by molar-refractivity contribution is -0.384. The summed E-state index contributed by atoms with van der Waals surface area (Å²) in [5.41, 5.74) is 3.90. The zero-order valence-electron chi connectivity index (χ0n) is 18.5. The Labute approximate surface area is 218 Å². The van der Waals surface area contributed by atoms with Gasteiger partial charge in [-0.25, -0.2) is 5.43 Å². The lowest BCUT2D eigenvalue weighted by Crippen LogP contribution is -2.26. The van der Waals surface area contributed by atoms with E-state index in [0.717, 1.165) is 43.2 Å². The maximum absolute atomic E-state index is 10.9. The highest BCUT2D eigenvalue weighted by atomic mass is 79.9. The quantitative estimate of drug-likeness (QED) is 0.179. The number of non-ortho nitro benzene ring substituents is 1. The van der Waals surface area contributed by atoms with Gasteiger partial charge in [0.05, 0.1) is 15.6 Å². The highest BCUT2D eigenvalue weighted by molar-refractivity contribution is 9.11. The van der Waals surface area contributed by atoms with Crippen LogP contribution in [-0.4, -0.2) is 44.3 Å². The van der Waals surface area contributed by atoms with E-state index in [9.17, 15) is 15.2 Å². The molecule has 0 spiro atoms. The summed E-state index contributed by atoms with van der Waals surface area (Å²) >= 11 is 6.69. The van der Waals surface area contributed by atoms with Gasteiger partial charge >= 0.3 is 0 Å². The molecule has 35 heavy (non-hydrogen) atoms. The molecule has 2 heterocycles. The first-order valence-corrected chi connectivity index (χ1v) is 12.5. The number of hydrogen-bond donors (Lipinski definition) is 3. The molecule has 11 nitrogen and oxygen atoms in total. The zero-order valence-corrected chi connectivity index (χ0v) is 21.7. The summed E-state index contributed by atoms with van der Waals surface area (Å²) in [5, 5.41) is 28.4. The van der Waals surface area contributed by atoms with E-state index < -0.39 is 4.92 Å². The number of anilines is 4. The summed E-state index contributed by atoms with van der Waals surface area (Å²) in [6.07, 6.45) is 5.89. The summed E-state index contributed by atoms with van der Waals surface area (Å²) in [6.45, 7) is 1.67. The number of aromatic hydroxyl groups is 1. The van der Waals surface area contributed by atoms with Crippen molar-refractivity contribution in [2.24, 2.45) is 5.10 Å². The predicted octanol–water partition coefficient (Wildman–Crippen LogP) is 5.58. The Morgan fingerprint density at radius 1 is 1.03 bits per heavy atom. The number of hydrogen-bond acceptors (Lipinski definition) is 10. The van der Waals surface area contributed by atoms with Crippen LogP contribution in [0.3, 0.4) is 0 Å². The third-order valence-electron chi connectivity index (χ3n) is 5.27. The molecular formula is C22H22Br2N8O3. The molecule has 4 rings (SSSR count). The lowest BCUT2D eigenvalue weighted by atomic mass is 10.2. The number of halogens is 2. The summed E-state index contributed by atoms with van der Waals surface area (Å²) in [5.74, 6) is 1.06. The number of benzene rings is 2. The van der Waals surface area contributed by atoms with Gasteiger partial charge in [-0.05, 0) is 53.0 Å². The van der Waals surface area contributed by atoms with Crippen molar-refractivity contribution in [2.75, 3.05) is 28.7 Å². The summed E-state index contributed by atoms with van der Waals surface area (Å²) in [4.78, 5) is 26.1. The van der Waals surface area contributed by atoms with Crippen molar-refractivity contribution in [1.29, 1.82) is 0 Å². The minimum absolute atomic E-state index is 0.00409. The SMILES string of the molecule is O=[N+]([O-])c1ccc(Nc2nc(N/N=C/c3cc(Br)cc(Br)c3O)nc(N3CCCCCC3)n2)cc1. The molecule has 0 bridgehead atoms. The third kappa shape index (κ3) is 6.63. The molecule has 1 fully saturated rings. The van der Waals surface area contributed by atoms with Crippen molar-refractivity contribution in [2.45, 2.75) is 25.7 Å². The maximum Gasteiger partial charge on any atom is 0.269 e. The van der Waals surface area contributed by atoms with E-state index in [1.165, 1.54) is 18.3 Å². The maximum atomic E-state index is 10.9. The fraction of sp³-hybridized carbons (Fsp3) is 0.273. The van der Waals surface area contributed by atoms with Gasteiger partial charge in [-0.2, -0.15) is 20.1 Å². The first kappa shape index (κ1) is 24.8. The van der Waals surface area contributed by atoms with Gasteiger partial charge in [-0.1, -0.05) is 28.8 Å². The first-order chi connectivity index (χ1) is 16.9. The second kappa shape index (κ2) is 11.4. The molecule has 1 aliphatic heterocycles. The van der Waals surface area contributed by atoms with Crippen LogP contribution in [0, 0.1) is 10.1 Å². The van der Waals surface area contributed by atoms with E-state index in [-0.39, 0.29) is 23.3 Å². The zero-order chi connectivity index (χ0) is 24.8. The van der Waals surface area contributed by atoms with Crippen molar-refractivity contribution in [3.8, 4) is 5.75 Å². The standard InChI is InChI=1S/C22H22Br2N8O3/c23-15-11-14(19(33)18(24)12-15)13-25-30-21-27-20(26-16-5-7-17(8-6-16)32(34)35)28-22(29-21)31-9-3-1-2-4-10-31/h5-8,11-13,33H,1-4,9-10H2,(H2,26,27,28,29,30)/b25-13+. The number of nitrogens with one attached hydrogen (secondary N) is 2. The van der Waals surface area contributed by atoms with Gasteiger partial charge in [-0.3, -0.25) is 10.1 Å². The number of nitro groups is 1. The molecule has 13 heteroatoms. The molecule has 0 unspecified atom stereocenters. The Balaban J connectivity index is 1.60. The molecule has 0 saturated carbocycles. The van der Waals surface area contributed by atoms with Crippen LogP contribution in [0.2, 0.25) is 0 Å². The van der Waals surface area contributed by atoms with Gasteiger partial charge in [0.2, 0.25) is 17.8 Å². The van der Waals surface area contributed by atoms with Gasteiger partial charge < -0.3 is 15.3 Å². The normalized spacial score (nSPS) is 14.1. The molecule has 3 aromatic rings. The van der Waals surface area contributed by atoms with E-state index >= 15 is 0 Å². The van der Waals surface area contributed by atoms with Crippen LogP contribution in [-0.2, 0) is 0 Å². The molecule has 0 radical (unpaired) electrons. The molecule has 2 aromatic carbocycles. The van der Waals surface area contributed by atoms with E-state index in [2.05, 4.69) is 67.6 Å². The number of nitro benzene ring substituents is 1. The number of nitrogens with zero attached hydrogens (tertiary/aromatic N) is 6. The van der Waals surface area contributed by atoms with Gasteiger partial charge in [0.15, 0.2) is 0 Å². The summed E-state index contributed by atoms with van der Waals surface area (Å²) < 4.78 is 1.31. The van der Waals surface area contributed by atoms with Gasteiger partial charge in [0, 0.05) is 40.9 Å². The number of hydrazone groups is 1. The molecule has 0 atom stereocenters. The van der Waals surface area contributed by atoms with Crippen molar-refractivity contribution >= 4 is 67.3 Å². The van der Waals surface area contributed by atoms with Crippen LogP contribution in [0.25, 0.3) is 0 Å². The van der Waals surface area contributed by atoms with Crippen LogP contribution in [0.15, 0.2) is 50.4 Å². The van der Waals surface area contributed by atoms with Crippen molar-refractivity contribution in [3.63, 3.8) is 0 Å². The van der Waals surface area contributed by atoms with Crippen molar-refractivity contribution < 1.29 is 10.0 Å². The third-order valence-corrected chi connectivity index (χ3v) is 6.33. The molecular weight excluding hydrogens is 584 g/mol. The smallest absolute Gasteiger partial charge is 0.269 e. The highest BCUT2D eigenvalue weighted by Crippen LogP contribution is 2.30. The highest BCUT2D eigenvalue weighted by Gasteiger charge is 2.16. The van der Waals surface area contributed by atoms with Crippen LogP contribution in [0.5, 0.6) is 5.75 Å². The molecule has 1 aromatic heterocycles. The molecule has 1 saturated heterocycles. The Morgan fingerprint density at radius 2 is 1.71 bits per heavy atom. The monoisotopic (exact) mass is 604 g/mol. The average molecular weight is 606 g/mol. The Hall–Kier alpha value is -3.32. The second-order valence-electron chi connectivity index (χ2n) is 7.81. The average Bonchev–Trinajstić information content (AvgIpc) is 3.12. The van der Waals surface area contributed by atoms with Crippen LogP contribution >= 0.6 is 31.9 Å². The number of phenolic OH excluding ortho intramolecular Hbond substituents is 1. The Bertz CT molecular complexity index is 1230. The molecule has 3 N–H and O–H groups in total. The fourth-order valence-corrected chi connectivity index (χ4v) is 4.78. The first-order valence-electron chi connectivity index (χ1n) is 10.9.